The topological polar surface area (TPSA) is 105 Å². The van der Waals surface area contributed by atoms with Crippen LogP contribution in [0.4, 0.5) is 15.8 Å². The molecule has 0 aliphatic rings. The normalized spacial score (nSPS) is 10.1. The van der Waals surface area contributed by atoms with Gasteiger partial charge in [-0.1, -0.05) is 6.07 Å². The smallest absolute Gasteiger partial charge is 0.338 e. The van der Waals surface area contributed by atoms with Crippen LogP contribution in [0, 0.1) is 5.82 Å². The molecule has 0 saturated carbocycles. The monoisotopic (exact) mass is 415 g/mol. The average molecular weight is 415 g/mol. The van der Waals surface area contributed by atoms with Crippen molar-refractivity contribution in [2.45, 2.75) is 13.8 Å². The Kier molecular flexibility index (Phi) is 8.04. The van der Waals surface area contributed by atoms with Crippen LogP contribution in [0.3, 0.4) is 0 Å². The van der Waals surface area contributed by atoms with Gasteiger partial charge in [0.2, 0.25) is 11.8 Å². The van der Waals surface area contributed by atoms with E-state index in [0.29, 0.717) is 11.4 Å². The van der Waals surface area contributed by atoms with Gasteiger partial charge in [0.05, 0.1) is 12.1 Å². The number of nitrogens with zero attached hydrogens (tertiary/aromatic N) is 1. The maximum absolute atomic E-state index is 13.2. The van der Waals surface area contributed by atoms with Crippen molar-refractivity contribution in [1.82, 2.24) is 4.90 Å². The van der Waals surface area contributed by atoms with E-state index in [9.17, 15) is 23.6 Å². The van der Waals surface area contributed by atoms with E-state index < -0.39 is 30.2 Å². The molecule has 0 aliphatic carbocycles. The van der Waals surface area contributed by atoms with Crippen LogP contribution in [0.5, 0.6) is 0 Å². The van der Waals surface area contributed by atoms with Gasteiger partial charge in [-0.05, 0) is 49.4 Å². The quantitative estimate of drug-likeness (QED) is 0.645. The van der Waals surface area contributed by atoms with Crippen molar-refractivity contribution in [2.24, 2.45) is 0 Å². The first-order chi connectivity index (χ1) is 14.3. The second-order valence-electron chi connectivity index (χ2n) is 6.30. The number of amides is 3. The van der Waals surface area contributed by atoms with E-state index >= 15 is 0 Å². The summed E-state index contributed by atoms with van der Waals surface area (Å²) in [4.78, 5) is 48.6. The predicted molar refractivity (Wildman–Crippen MR) is 108 cm³/mol. The third-order valence-electron chi connectivity index (χ3n) is 3.94. The van der Waals surface area contributed by atoms with Gasteiger partial charge in [0.15, 0.2) is 6.61 Å². The molecule has 0 unspecified atom stereocenters. The van der Waals surface area contributed by atoms with Crippen molar-refractivity contribution < 1.29 is 28.3 Å². The Labute approximate surface area is 173 Å². The molecule has 2 rings (SSSR count). The Morgan fingerprint density at radius 3 is 2.20 bits per heavy atom. The number of halogens is 1. The van der Waals surface area contributed by atoms with Crippen molar-refractivity contribution in [3.8, 4) is 0 Å². The third-order valence-corrected chi connectivity index (χ3v) is 3.94. The molecular formula is C21H22FN3O5. The van der Waals surface area contributed by atoms with Gasteiger partial charge in [-0.2, -0.15) is 0 Å². The van der Waals surface area contributed by atoms with Gasteiger partial charge in [-0.3, -0.25) is 14.4 Å². The zero-order chi connectivity index (χ0) is 22.1. The molecule has 0 spiro atoms. The molecule has 2 aromatic carbocycles. The molecule has 0 bridgehead atoms. The number of likely N-dealkylation sites (N-methyl/N-ethyl adjacent to an activating group) is 1. The Bertz CT molecular complexity index is 930. The molecule has 2 aromatic rings. The molecule has 30 heavy (non-hydrogen) atoms. The summed E-state index contributed by atoms with van der Waals surface area (Å²) in [6.07, 6.45) is 0. The molecule has 0 heterocycles. The van der Waals surface area contributed by atoms with Crippen molar-refractivity contribution in [2.75, 3.05) is 30.3 Å². The highest BCUT2D eigenvalue weighted by molar-refractivity contribution is 5.96. The molecule has 2 N–H and O–H groups in total. The largest absolute Gasteiger partial charge is 0.452 e. The Hall–Kier alpha value is -3.75. The summed E-state index contributed by atoms with van der Waals surface area (Å²) >= 11 is 0. The van der Waals surface area contributed by atoms with E-state index in [1.54, 1.807) is 31.2 Å². The summed E-state index contributed by atoms with van der Waals surface area (Å²) in [7, 11) is 0. The Morgan fingerprint density at radius 2 is 1.63 bits per heavy atom. The molecule has 0 atom stereocenters. The minimum Gasteiger partial charge on any atom is -0.452 e. The standard InChI is InChI=1S/C21H22FN3O5/c1-3-25(20(28)13-30-21(29)15-5-4-6-16(22)11-15)12-19(27)24-18-9-7-17(8-10-18)23-14(2)26/h4-11H,3,12-13H2,1-2H3,(H,23,26)(H,24,27). The van der Waals surface area contributed by atoms with Crippen LogP contribution in [-0.4, -0.2) is 48.3 Å². The Morgan fingerprint density at radius 1 is 1.00 bits per heavy atom. The minimum absolute atomic E-state index is 0.00805. The van der Waals surface area contributed by atoms with Crippen LogP contribution in [0.25, 0.3) is 0 Å². The van der Waals surface area contributed by atoms with E-state index in [4.69, 9.17) is 4.74 Å². The summed E-state index contributed by atoms with van der Waals surface area (Å²) in [6.45, 7) is 2.50. The fraction of sp³-hybridized carbons (Fsp3) is 0.238. The maximum Gasteiger partial charge on any atom is 0.338 e. The third kappa shape index (κ3) is 7.01. The lowest BCUT2D eigenvalue weighted by Gasteiger charge is -2.20. The molecular weight excluding hydrogens is 393 g/mol. The van der Waals surface area contributed by atoms with Crippen LogP contribution >= 0.6 is 0 Å². The fourth-order valence-electron chi connectivity index (χ4n) is 2.51. The zero-order valence-electron chi connectivity index (χ0n) is 16.6. The summed E-state index contributed by atoms with van der Waals surface area (Å²) < 4.78 is 18.1. The van der Waals surface area contributed by atoms with E-state index in [-0.39, 0.29) is 24.6 Å². The molecule has 8 nitrogen and oxygen atoms in total. The summed E-state index contributed by atoms with van der Waals surface area (Å²) in [5.74, 6) is -2.62. The van der Waals surface area contributed by atoms with E-state index in [2.05, 4.69) is 10.6 Å². The molecule has 158 valence electrons. The summed E-state index contributed by atoms with van der Waals surface area (Å²) in [6, 6.07) is 11.4. The van der Waals surface area contributed by atoms with Gasteiger partial charge in [0.1, 0.15) is 5.82 Å². The highest BCUT2D eigenvalue weighted by atomic mass is 19.1. The second kappa shape index (κ2) is 10.7. The lowest BCUT2D eigenvalue weighted by atomic mass is 10.2. The summed E-state index contributed by atoms with van der Waals surface area (Å²) in [5.41, 5.74) is 1.08. The lowest BCUT2D eigenvalue weighted by Crippen LogP contribution is -2.40. The highest BCUT2D eigenvalue weighted by Crippen LogP contribution is 2.13. The van der Waals surface area contributed by atoms with Gasteiger partial charge in [-0.15, -0.1) is 0 Å². The molecule has 0 aliphatic heterocycles. The average Bonchev–Trinajstić information content (AvgIpc) is 2.71. The molecule has 9 heteroatoms. The molecule has 0 saturated heterocycles. The van der Waals surface area contributed by atoms with E-state index in [1.807, 2.05) is 0 Å². The first-order valence-electron chi connectivity index (χ1n) is 9.16. The molecule has 0 fully saturated rings. The van der Waals surface area contributed by atoms with Crippen LogP contribution in [0.1, 0.15) is 24.2 Å². The van der Waals surface area contributed by atoms with Gasteiger partial charge in [-0.25, -0.2) is 9.18 Å². The van der Waals surface area contributed by atoms with Crippen molar-refractivity contribution in [3.63, 3.8) is 0 Å². The van der Waals surface area contributed by atoms with Crippen molar-refractivity contribution >= 4 is 35.1 Å². The van der Waals surface area contributed by atoms with Crippen LogP contribution in [0.2, 0.25) is 0 Å². The first-order valence-corrected chi connectivity index (χ1v) is 9.16. The lowest BCUT2D eigenvalue weighted by molar-refractivity contribution is -0.137. The SMILES string of the molecule is CCN(CC(=O)Nc1ccc(NC(C)=O)cc1)C(=O)COC(=O)c1cccc(F)c1. The molecule has 3 amide bonds. The minimum atomic E-state index is -0.831. The number of ether oxygens (including phenoxy) is 1. The number of benzene rings is 2. The number of hydrogen-bond acceptors (Lipinski definition) is 5. The molecule has 0 radical (unpaired) electrons. The predicted octanol–water partition coefficient (Wildman–Crippen LogP) is 2.43. The zero-order valence-corrected chi connectivity index (χ0v) is 16.6. The Balaban J connectivity index is 1.85. The van der Waals surface area contributed by atoms with Gasteiger partial charge in [0.25, 0.3) is 5.91 Å². The number of esters is 1. The maximum atomic E-state index is 13.2. The molecule has 0 aromatic heterocycles. The van der Waals surface area contributed by atoms with Gasteiger partial charge < -0.3 is 20.3 Å². The van der Waals surface area contributed by atoms with E-state index in [1.165, 1.54) is 30.0 Å². The highest BCUT2D eigenvalue weighted by Gasteiger charge is 2.18. The second-order valence-corrected chi connectivity index (χ2v) is 6.30. The van der Waals surface area contributed by atoms with Gasteiger partial charge >= 0.3 is 5.97 Å². The number of nitrogens with one attached hydrogen (secondary N) is 2. The van der Waals surface area contributed by atoms with Gasteiger partial charge in [0, 0.05) is 24.8 Å². The number of carbonyl (C=O) groups is 4. The number of carbonyl (C=O) groups excluding carboxylic acids is 4. The van der Waals surface area contributed by atoms with Crippen LogP contribution in [-0.2, 0) is 19.1 Å². The van der Waals surface area contributed by atoms with Crippen molar-refractivity contribution in [3.05, 3.63) is 59.9 Å². The van der Waals surface area contributed by atoms with Crippen LogP contribution < -0.4 is 10.6 Å². The van der Waals surface area contributed by atoms with E-state index in [0.717, 1.165) is 6.07 Å². The fourth-order valence-corrected chi connectivity index (χ4v) is 2.51. The van der Waals surface area contributed by atoms with Crippen LogP contribution in [0.15, 0.2) is 48.5 Å². The number of rotatable bonds is 8. The number of hydrogen-bond donors (Lipinski definition) is 2. The first kappa shape index (κ1) is 22.5. The van der Waals surface area contributed by atoms with Crippen molar-refractivity contribution in [1.29, 1.82) is 0 Å². The number of anilines is 2. The summed E-state index contributed by atoms with van der Waals surface area (Å²) in [5, 5.41) is 5.26.